The highest BCUT2D eigenvalue weighted by Crippen LogP contribution is 2.11. The van der Waals surface area contributed by atoms with Gasteiger partial charge in [0.2, 0.25) is 0 Å². The monoisotopic (exact) mass is 245 g/mol. The molecule has 0 spiro atoms. The molecule has 3 heteroatoms. The molecule has 0 aliphatic carbocycles. The number of hydrogen-bond donors (Lipinski definition) is 1. The maximum Gasteiger partial charge on any atom is 0.0443 e. The average molecular weight is 246 g/mol. The molecule has 0 aromatic carbocycles. The summed E-state index contributed by atoms with van der Waals surface area (Å²) in [5.74, 6) is 0. The predicted molar refractivity (Wildman–Crippen MR) is 78.4 cm³/mol. The summed E-state index contributed by atoms with van der Waals surface area (Å²) in [6.07, 6.45) is 2.76. The van der Waals surface area contributed by atoms with Crippen molar-refractivity contribution in [3.8, 4) is 0 Å². The van der Waals surface area contributed by atoms with E-state index in [0.29, 0.717) is 0 Å². The molecule has 0 aliphatic rings. The van der Waals surface area contributed by atoms with Gasteiger partial charge in [-0.15, -0.1) is 0 Å². The fourth-order valence-corrected chi connectivity index (χ4v) is 4.09. The molecular formula is C12H31NSi2. The fraction of sp³-hybridized carbons (Fsp3) is 1.00. The van der Waals surface area contributed by atoms with Crippen molar-refractivity contribution in [1.82, 2.24) is 5.32 Å². The van der Waals surface area contributed by atoms with Crippen LogP contribution in [0.2, 0.25) is 51.4 Å². The summed E-state index contributed by atoms with van der Waals surface area (Å²) < 4.78 is 0. The van der Waals surface area contributed by atoms with Crippen molar-refractivity contribution >= 4 is 16.1 Å². The minimum absolute atomic E-state index is 0.789. The predicted octanol–water partition coefficient (Wildman–Crippen LogP) is 4.03. The number of hydrogen-bond acceptors (Lipinski definition) is 1. The van der Waals surface area contributed by atoms with Gasteiger partial charge in [0.1, 0.15) is 0 Å². The summed E-state index contributed by atoms with van der Waals surface area (Å²) in [6, 6.07) is 2.93. The first kappa shape index (κ1) is 15.4. The molecule has 15 heavy (non-hydrogen) atoms. The van der Waals surface area contributed by atoms with E-state index in [9.17, 15) is 0 Å². The van der Waals surface area contributed by atoms with Crippen LogP contribution in [0.1, 0.15) is 12.8 Å². The Bertz CT molecular complexity index is 138. The molecule has 0 aliphatic heterocycles. The van der Waals surface area contributed by atoms with E-state index in [4.69, 9.17) is 0 Å². The third-order valence-corrected chi connectivity index (χ3v) is 6.27. The molecule has 0 amide bonds. The molecule has 0 saturated carbocycles. The fourth-order valence-electron chi connectivity index (χ4n) is 1.61. The van der Waals surface area contributed by atoms with E-state index < -0.39 is 16.1 Å². The third-order valence-electron chi connectivity index (χ3n) is 2.56. The van der Waals surface area contributed by atoms with Gasteiger partial charge in [-0.05, 0) is 25.9 Å². The van der Waals surface area contributed by atoms with E-state index >= 15 is 0 Å². The van der Waals surface area contributed by atoms with Gasteiger partial charge in [0, 0.05) is 16.1 Å². The lowest BCUT2D eigenvalue weighted by Gasteiger charge is -2.17. The van der Waals surface area contributed by atoms with Crippen molar-refractivity contribution < 1.29 is 0 Å². The summed E-state index contributed by atoms with van der Waals surface area (Å²) in [7, 11) is -1.58. The highest BCUT2D eigenvalue weighted by molar-refractivity contribution is 6.76. The SMILES string of the molecule is C[Si](C)(C)CCCNCCC[Si](C)(C)C. The first-order valence-corrected chi connectivity index (χ1v) is 13.8. The zero-order chi connectivity index (χ0) is 11.9. The first-order valence-electron chi connectivity index (χ1n) is 6.41. The Hall–Kier alpha value is 0.394. The molecule has 0 radical (unpaired) electrons. The Morgan fingerprint density at radius 1 is 0.667 bits per heavy atom. The second-order valence-electron chi connectivity index (χ2n) is 7.08. The molecule has 1 nitrogen and oxygen atoms in total. The molecular weight excluding hydrogens is 214 g/mol. The quantitative estimate of drug-likeness (QED) is 0.503. The molecule has 0 heterocycles. The summed E-state index contributed by atoms with van der Waals surface area (Å²) >= 11 is 0. The van der Waals surface area contributed by atoms with Crippen molar-refractivity contribution in [2.75, 3.05) is 13.1 Å². The Labute approximate surface area is 99.1 Å². The van der Waals surface area contributed by atoms with Gasteiger partial charge in [-0.1, -0.05) is 51.4 Å². The van der Waals surface area contributed by atoms with Gasteiger partial charge >= 0.3 is 0 Å². The highest BCUT2D eigenvalue weighted by atomic mass is 28.3. The van der Waals surface area contributed by atoms with Crippen LogP contribution >= 0.6 is 0 Å². The minimum atomic E-state index is -0.789. The lowest BCUT2D eigenvalue weighted by Crippen LogP contribution is -2.25. The van der Waals surface area contributed by atoms with Gasteiger partial charge in [-0.25, -0.2) is 0 Å². The molecule has 0 rings (SSSR count). The van der Waals surface area contributed by atoms with E-state index in [1.54, 1.807) is 0 Å². The van der Waals surface area contributed by atoms with Gasteiger partial charge in [0.15, 0.2) is 0 Å². The van der Waals surface area contributed by atoms with Gasteiger partial charge in [0.05, 0.1) is 0 Å². The van der Waals surface area contributed by atoms with Gasteiger partial charge in [-0.3, -0.25) is 0 Å². The maximum atomic E-state index is 3.58. The number of nitrogens with one attached hydrogen (secondary N) is 1. The van der Waals surface area contributed by atoms with Crippen molar-refractivity contribution in [3.05, 3.63) is 0 Å². The van der Waals surface area contributed by atoms with Crippen molar-refractivity contribution in [2.45, 2.75) is 64.2 Å². The Balaban J connectivity index is 3.20. The first-order chi connectivity index (χ1) is 6.71. The molecule has 1 N–H and O–H groups in total. The standard InChI is InChI=1S/C12H31NSi2/c1-14(2,3)11-7-9-13-10-8-12-15(4,5)6/h13H,7-12H2,1-6H3. The van der Waals surface area contributed by atoms with Crippen molar-refractivity contribution in [1.29, 1.82) is 0 Å². The van der Waals surface area contributed by atoms with E-state index in [2.05, 4.69) is 44.6 Å². The minimum Gasteiger partial charge on any atom is -0.317 e. The average Bonchev–Trinajstić information content (AvgIpc) is 1.98. The molecule has 92 valence electrons. The van der Waals surface area contributed by atoms with E-state index in [-0.39, 0.29) is 0 Å². The molecule has 0 bridgehead atoms. The van der Waals surface area contributed by atoms with E-state index in [1.807, 2.05) is 0 Å². The lowest BCUT2D eigenvalue weighted by atomic mass is 10.4. The Kier molecular flexibility index (Phi) is 7.05. The van der Waals surface area contributed by atoms with Crippen LogP contribution in [0.15, 0.2) is 0 Å². The van der Waals surface area contributed by atoms with Crippen LogP contribution in [0.25, 0.3) is 0 Å². The zero-order valence-corrected chi connectivity index (χ0v) is 13.7. The topological polar surface area (TPSA) is 12.0 Å². The van der Waals surface area contributed by atoms with Crippen LogP contribution in [0, 0.1) is 0 Å². The van der Waals surface area contributed by atoms with Crippen molar-refractivity contribution in [3.63, 3.8) is 0 Å². The molecule has 0 fully saturated rings. The Morgan fingerprint density at radius 3 is 1.27 bits per heavy atom. The second kappa shape index (κ2) is 6.87. The van der Waals surface area contributed by atoms with Gasteiger partial charge < -0.3 is 5.32 Å². The second-order valence-corrected chi connectivity index (χ2v) is 18.3. The van der Waals surface area contributed by atoms with Crippen LogP contribution in [0.4, 0.5) is 0 Å². The highest BCUT2D eigenvalue weighted by Gasteiger charge is 2.12. The van der Waals surface area contributed by atoms with Crippen LogP contribution in [-0.2, 0) is 0 Å². The summed E-state index contributed by atoms with van der Waals surface area (Å²) in [4.78, 5) is 0. The van der Waals surface area contributed by atoms with E-state index in [1.165, 1.54) is 38.0 Å². The van der Waals surface area contributed by atoms with E-state index in [0.717, 1.165) is 0 Å². The normalized spacial score (nSPS) is 13.2. The van der Waals surface area contributed by atoms with Crippen LogP contribution in [0.3, 0.4) is 0 Å². The lowest BCUT2D eigenvalue weighted by molar-refractivity contribution is 0.656. The number of rotatable bonds is 8. The molecule has 0 aromatic rings. The maximum absolute atomic E-state index is 3.58. The van der Waals surface area contributed by atoms with Crippen molar-refractivity contribution in [2.24, 2.45) is 0 Å². The molecule has 0 unspecified atom stereocenters. The van der Waals surface area contributed by atoms with Gasteiger partial charge in [0.25, 0.3) is 0 Å². The third kappa shape index (κ3) is 14.4. The zero-order valence-electron chi connectivity index (χ0n) is 11.7. The molecule has 0 atom stereocenters. The summed E-state index contributed by atoms with van der Waals surface area (Å²) in [5, 5.41) is 3.58. The van der Waals surface area contributed by atoms with Crippen LogP contribution in [-0.4, -0.2) is 29.2 Å². The largest absolute Gasteiger partial charge is 0.317 e. The van der Waals surface area contributed by atoms with Gasteiger partial charge in [-0.2, -0.15) is 0 Å². The molecule has 0 saturated heterocycles. The Morgan fingerprint density at radius 2 is 1.00 bits per heavy atom. The summed E-state index contributed by atoms with van der Waals surface area (Å²) in [5.41, 5.74) is 0. The summed E-state index contributed by atoms with van der Waals surface area (Å²) in [6.45, 7) is 17.2. The van der Waals surface area contributed by atoms with Crippen LogP contribution < -0.4 is 5.32 Å². The van der Waals surface area contributed by atoms with Crippen LogP contribution in [0.5, 0.6) is 0 Å². The smallest absolute Gasteiger partial charge is 0.0443 e. The molecule has 0 aromatic heterocycles.